The third-order valence-corrected chi connectivity index (χ3v) is 2.71. The first kappa shape index (κ1) is 9.09. The quantitative estimate of drug-likeness (QED) is 0.424. The lowest BCUT2D eigenvalue weighted by Gasteiger charge is -2.02. The number of nitrogens with zero attached hydrogens (tertiary/aromatic N) is 1. The van der Waals surface area contributed by atoms with Crippen molar-refractivity contribution >= 4 is 21.9 Å². The Balaban J connectivity index is 2.71. The molecule has 0 fully saturated rings. The molecule has 0 aliphatic rings. The van der Waals surface area contributed by atoms with E-state index in [0.717, 1.165) is 10.9 Å². The van der Waals surface area contributed by atoms with Crippen molar-refractivity contribution in [1.82, 2.24) is 4.98 Å². The minimum Gasteiger partial charge on any atom is -0.422 e. The molecule has 0 aliphatic heterocycles. The molecule has 16 heavy (non-hydrogen) atoms. The Labute approximate surface area is 91.3 Å². The SMILES string of the molecule is Cc1ccnc2c1c(=O)oc1ccccc12. The van der Waals surface area contributed by atoms with E-state index >= 15 is 0 Å². The predicted octanol–water partition coefficient (Wildman–Crippen LogP) is 2.65. The Morgan fingerprint density at radius 3 is 2.88 bits per heavy atom. The van der Waals surface area contributed by atoms with Gasteiger partial charge in [-0.3, -0.25) is 4.98 Å². The number of hydrogen-bond donors (Lipinski definition) is 0. The summed E-state index contributed by atoms with van der Waals surface area (Å²) in [5.74, 6) is 0. The van der Waals surface area contributed by atoms with Gasteiger partial charge in [-0.25, -0.2) is 4.79 Å². The molecule has 0 aliphatic carbocycles. The zero-order valence-electron chi connectivity index (χ0n) is 8.73. The summed E-state index contributed by atoms with van der Waals surface area (Å²) in [7, 11) is 0. The average Bonchev–Trinajstić information content (AvgIpc) is 2.29. The van der Waals surface area contributed by atoms with E-state index in [1.54, 1.807) is 12.3 Å². The third kappa shape index (κ3) is 1.15. The van der Waals surface area contributed by atoms with Crippen molar-refractivity contribution in [2.45, 2.75) is 6.92 Å². The molecule has 3 aromatic rings. The van der Waals surface area contributed by atoms with Crippen LogP contribution in [0, 0.1) is 6.92 Å². The molecule has 0 radical (unpaired) electrons. The van der Waals surface area contributed by atoms with Gasteiger partial charge in [-0.15, -0.1) is 0 Å². The van der Waals surface area contributed by atoms with Gasteiger partial charge >= 0.3 is 5.63 Å². The lowest BCUT2D eigenvalue weighted by molar-refractivity contribution is 0.569. The molecular formula is C13H9NO2. The summed E-state index contributed by atoms with van der Waals surface area (Å²) >= 11 is 0. The van der Waals surface area contributed by atoms with Crippen molar-refractivity contribution in [2.75, 3.05) is 0 Å². The molecule has 3 nitrogen and oxygen atoms in total. The Hall–Kier alpha value is -2.16. The van der Waals surface area contributed by atoms with Crippen LogP contribution in [-0.2, 0) is 0 Å². The van der Waals surface area contributed by atoms with Crippen LogP contribution >= 0.6 is 0 Å². The molecule has 3 heteroatoms. The van der Waals surface area contributed by atoms with Gasteiger partial charge in [-0.2, -0.15) is 0 Å². The van der Waals surface area contributed by atoms with Crippen molar-refractivity contribution in [1.29, 1.82) is 0 Å². The van der Waals surface area contributed by atoms with Crippen LogP contribution in [0.5, 0.6) is 0 Å². The monoisotopic (exact) mass is 211 g/mol. The van der Waals surface area contributed by atoms with Crippen molar-refractivity contribution in [3.05, 3.63) is 52.5 Å². The number of aromatic nitrogens is 1. The van der Waals surface area contributed by atoms with Gasteiger partial charge in [0, 0.05) is 11.6 Å². The van der Waals surface area contributed by atoms with E-state index < -0.39 is 0 Å². The van der Waals surface area contributed by atoms with E-state index in [-0.39, 0.29) is 5.63 Å². The van der Waals surface area contributed by atoms with Crippen molar-refractivity contribution in [3.8, 4) is 0 Å². The Morgan fingerprint density at radius 2 is 2.00 bits per heavy atom. The largest absolute Gasteiger partial charge is 0.422 e. The van der Waals surface area contributed by atoms with E-state index in [2.05, 4.69) is 4.98 Å². The van der Waals surface area contributed by atoms with Gasteiger partial charge in [-0.05, 0) is 30.7 Å². The van der Waals surface area contributed by atoms with Gasteiger partial charge in [0.05, 0.1) is 10.9 Å². The summed E-state index contributed by atoms with van der Waals surface area (Å²) < 4.78 is 5.26. The van der Waals surface area contributed by atoms with Gasteiger partial charge in [0.15, 0.2) is 0 Å². The van der Waals surface area contributed by atoms with Crippen LogP contribution < -0.4 is 5.63 Å². The standard InChI is InChI=1S/C13H9NO2/c1-8-6-7-14-12-9-4-2-3-5-10(9)16-13(15)11(8)12/h2-7H,1H3. The Kier molecular flexibility index (Phi) is 1.80. The highest BCUT2D eigenvalue weighted by atomic mass is 16.4. The number of fused-ring (bicyclic) bond motifs is 3. The van der Waals surface area contributed by atoms with Gasteiger partial charge in [0.1, 0.15) is 5.58 Å². The maximum absolute atomic E-state index is 11.8. The van der Waals surface area contributed by atoms with Crippen LogP contribution in [0.3, 0.4) is 0 Å². The molecule has 0 saturated carbocycles. The van der Waals surface area contributed by atoms with Crippen LogP contribution in [-0.4, -0.2) is 4.98 Å². The second-order valence-corrected chi connectivity index (χ2v) is 3.74. The summed E-state index contributed by atoms with van der Waals surface area (Å²) in [4.78, 5) is 16.1. The average molecular weight is 211 g/mol. The van der Waals surface area contributed by atoms with Crippen molar-refractivity contribution < 1.29 is 4.42 Å². The summed E-state index contributed by atoms with van der Waals surface area (Å²) in [6.07, 6.45) is 1.71. The molecule has 0 spiro atoms. The second-order valence-electron chi connectivity index (χ2n) is 3.74. The summed E-state index contributed by atoms with van der Waals surface area (Å²) in [5, 5.41) is 1.45. The number of hydrogen-bond acceptors (Lipinski definition) is 3. The van der Waals surface area contributed by atoms with E-state index in [1.165, 1.54) is 0 Å². The Morgan fingerprint density at radius 1 is 1.19 bits per heavy atom. The molecule has 0 bridgehead atoms. The summed E-state index contributed by atoms with van der Waals surface area (Å²) in [5.41, 5.74) is 1.87. The highest BCUT2D eigenvalue weighted by molar-refractivity contribution is 6.02. The molecule has 0 N–H and O–H groups in total. The fraction of sp³-hybridized carbons (Fsp3) is 0.0769. The summed E-state index contributed by atoms with van der Waals surface area (Å²) in [6.45, 7) is 1.88. The zero-order chi connectivity index (χ0) is 11.1. The first-order valence-electron chi connectivity index (χ1n) is 5.04. The fourth-order valence-corrected chi connectivity index (χ4v) is 1.92. The van der Waals surface area contributed by atoms with Crippen LogP contribution in [0.4, 0.5) is 0 Å². The normalized spacial score (nSPS) is 11.1. The number of aryl methyl sites for hydroxylation is 1. The maximum atomic E-state index is 11.8. The van der Waals surface area contributed by atoms with E-state index in [0.29, 0.717) is 16.5 Å². The number of rotatable bonds is 0. The lowest BCUT2D eigenvalue weighted by Crippen LogP contribution is -2.02. The van der Waals surface area contributed by atoms with Gasteiger partial charge in [0.2, 0.25) is 0 Å². The molecule has 0 saturated heterocycles. The lowest BCUT2D eigenvalue weighted by atomic mass is 10.1. The molecule has 78 valence electrons. The smallest absolute Gasteiger partial charge is 0.346 e. The van der Waals surface area contributed by atoms with Crippen molar-refractivity contribution in [2.24, 2.45) is 0 Å². The zero-order valence-corrected chi connectivity index (χ0v) is 8.73. The highest BCUT2D eigenvalue weighted by Gasteiger charge is 2.09. The van der Waals surface area contributed by atoms with Crippen LogP contribution in [0.15, 0.2) is 45.7 Å². The van der Waals surface area contributed by atoms with Crippen LogP contribution in [0.25, 0.3) is 21.9 Å². The third-order valence-electron chi connectivity index (χ3n) is 2.71. The van der Waals surface area contributed by atoms with Gasteiger partial charge < -0.3 is 4.42 Å². The number of para-hydroxylation sites is 1. The molecule has 0 amide bonds. The molecule has 0 atom stereocenters. The first-order valence-corrected chi connectivity index (χ1v) is 5.04. The second kappa shape index (κ2) is 3.17. The van der Waals surface area contributed by atoms with Crippen molar-refractivity contribution in [3.63, 3.8) is 0 Å². The molecule has 0 unspecified atom stereocenters. The molecule has 1 aromatic carbocycles. The highest BCUT2D eigenvalue weighted by Crippen LogP contribution is 2.21. The predicted molar refractivity (Wildman–Crippen MR) is 62.5 cm³/mol. The van der Waals surface area contributed by atoms with Gasteiger partial charge in [0.25, 0.3) is 0 Å². The van der Waals surface area contributed by atoms with Gasteiger partial charge in [-0.1, -0.05) is 12.1 Å². The topological polar surface area (TPSA) is 43.1 Å². The number of benzene rings is 1. The van der Waals surface area contributed by atoms with E-state index in [1.807, 2.05) is 31.2 Å². The summed E-state index contributed by atoms with van der Waals surface area (Å²) in [6, 6.07) is 9.25. The van der Waals surface area contributed by atoms with E-state index in [9.17, 15) is 4.79 Å². The molecule has 2 heterocycles. The molecule has 3 rings (SSSR count). The molecule has 2 aromatic heterocycles. The fourth-order valence-electron chi connectivity index (χ4n) is 1.92. The first-order chi connectivity index (χ1) is 7.77. The minimum absolute atomic E-state index is 0.320. The number of pyridine rings is 1. The maximum Gasteiger partial charge on any atom is 0.346 e. The van der Waals surface area contributed by atoms with E-state index in [4.69, 9.17) is 4.42 Å². The van der Waals surface area contributed by atoms with Crippen LogP contribution in [0.2, 0.25) is 0 Å². The Bertz CT molecular complexity index is 744. The molecular weight excluding hydrogens is 202 g/mol. The minimum atomic E-state index is -0.320. The van der Waals surface area contributed by atoms with Crippen LogP contribution in [0.1, 0.15) is 5.56 Å².